The predicted octanol–water partition coefficient (Wildman–Crippen LogP) is 2.55. The molecule has 0 N–H and O–H groups in total. The van der Waals surface area contributed by atoms with Gasteiger partial charge < -0.3 is 4.98 Å². The minimum atomic E-state index is 0. The molecule has 68 valence electrons. The van der Waals surface area contributed by atoms with E-state index in [0.717, 1.165) is 11.3 Å². The molecule has 0 saturated heterocycles. The van der Waals surface area contributed by atoms with Gasteiger partial charge in [-0.3, -0.25) is 0 Å². The van der Waals surface area contributed by atoms with Gasteiger partial charge in [0.1, 0.15) is 0 Å². The smallest absolute Gasteiger partial charge is 0.0160 e. The van der Waals surface area contributed by atoms with Crippen LogP contribution in [0, 0.1) is 6.07 Å². The Bertz CT molecular complexity index is 307. The van der Waals surface area contributed by atoms with E-state index in [1.54, 1.807) is 6.20 Å². The first-order chi connectivity index (χ1) is 5.97. The molecule has 0 fully saturated rings. The van der Waals surface area contributed by atoms with Crippen LogP contribution in [0.25, 0.3) is 11.3 Å². The summed E-state index contributed by atoms with van der Waals surface area (Å²) in [6, 6.07) is 16.8. The van der Waals surface area contributed by atoms with E-state index in [0.29, 0.717) is 0 Å². The molecule has 0 unspecified atom stereocenters. The van der Waals surface area contributed by atoms with Crippen molar-refractivity contribution < 1.29 is 21.1 Å². The molecule has 0 radical (unpaired) electrons. The third kappa shape index (κ3) is 2.50. The second-order valence-electron chi connectivity index (χ2n) is 2.49. The third-order valence-electron chi connectivity index (χ3n) is 1.65. The Labute approximate surface area is 92.1 Å². The van der Waals surface area contributed by atoms with Crippen molar-refractivity contribution in [3.63, 3.8) is 0 Å². The fourth-order valence-electron chi connectivity index (χ4n) is 1.07. The van der Waals surface area contributed by atoms with Gasteiger partial charge >= 0.3 is 0 Å². The minimum absolute atomic E-state index is 0. The van der Waals surface area contributed by atoms with Crippen LogP contribution in [-0.4, -0.2) is 4.98 Å². The molecule has 0 amide bonds. The average molecular weight is 349 g/mol. The van der Waals surface area contributed by atoms with E-state index in [1.165, 1.54) is 0 Å². The molecule has 2 aromatic rings. The Morgan fingerprint density at radius 3 is 2.46 bits per heavy atom. The van der Waals surface area contributed by atoms with Crippen LogP contribution in [0.4, 0.5) is 0 Å². The first kappa shape index (κ1) is 10.1. The van der Waals surface area contributed by atoms with Gasteiger partial charge in [-0.25, -0.2) is 0 Å². The first-order valence-electron chi connectivity index (χ1n) is 3.85. The quantitative estimate of drug-likeness (QED) is 0.721. The number of hydrogen-bond donors (Lipinski definition) is 0. The van der Waals surface area contributed by atoms with Crippen molar-refractivity contribution in [3.05, 3.63) is 54.7 Å². The van der Waals surface area contributed by atoms with Crippen molar-refractivity contribution in [2.45, 2.75) is 0 Å². The van der Waals surface area contributed by atoms with E-state index in [2.05, 4.69) is 11.1 Å². The van der Waals surface area contributed by atoms with Crippen LogP contribution >= 0.6 is 0 Å². The number of hydrogen-bond acceptors (Lipinski definition) is 1. The van der Waals surface area contributed by atoms with Crippen LogP contribution in [0.3, 0.4) is 0 Å². The van der Waals surface area contributed by atoms with Crippen LogP contribution in [0.2, 0.25) is 0 Å². The molecule has 0 aliphatic rings. The molecule has 2 heteroatoms. The summed E-state index contributed by atoms with van der Waals surface area (Å²) in [6.07, 6.45) is 1.79. The van der Waals surface area contributed by atoms with E-state index >= 15 is 0 Å². The maximum atomic E-state index is 4.22. The van der Waals surface area contributed by atoms with Gasteiger partial charge in [0.2, 0.25) is 0 Å². The molecule has 1 aromatic carbocycles. The van der Waals surface area contributed by atoms with Crippen molar-refractivity contribution >= 4 is 0 Å². The topological polar surface area (TPSA) is 12.9 Å². The van der Waals surface area contributed by atoms with Gasteiger partial charge in [-0.05, 0) is 11.8 Å². The molecule has 0 saturated carbocycles. The van der Waals surface area contributed by atoms with E-state index in [-0.39, 0.29) is 21.1 Å². The SMILES string of the molecule is [Pt].[c-]1ccccc1-c1ccccn1. The summed E-state index contributed by atoms with van der Waals surface area (Å²) in [5.41, 5.74) is 2.01. The number of benzene rings is 1. The fraction of sp³-hybridized carbons (Fsp3) is 0. The van der Waals surface area contributed by atoms with Crippen LogP contribution in [-0.2, 0) is 21.1 Å². The maximum Gasteiger partial charge on any atom is 0.0160 e. The second-order valence-corrected chi connectivity index (χ2v) is 2.49. The molecule has 1 nitrogen and oxygen atoms in total. The molecule has 1 heterocycles. The molecule has 1 aromatic heterocycles. The third-order valence-corrected chi connectivity index (χ3v) is 1.65. The summed E-state index contributed by atoms with van der Waals surface area (Å²) < 4.78 is 0. The molecular formula is C11H8NPt-. The van der Waals surface area contributed by atoms with E-state index in [9.17, 15) is 0 Å². The van der Waals surface area contributed by atoms with Crippen LogP contribution in [0.15, 0.2) is 48.7 Å². The summed E-state index contributed by atoms with van der Waals surface area (Å²) >= 11 is 0. The Morgan fingerprint density at radius 1 is 1.00 bits per heavy atom. The van der Waals surface area contributed by atoms with Crippen molar-refractivity contribution in [1.29, 1.82) is 0 Å². The fourth-order valence-corrected chi connectivity index (χ4v) is 1.07. The number of rotatable bonds is 1. The van der Waals surface area contributed by atoms with Crippen molar-refractivity contribution in [1.82, 2.24) is 4.98 Å². The van der Waals surface area contributed by atoms with Gasteiger partial charge in [-0.1, -0.05) is 12.1 Å². The normalized spacial score (nSPS) is 8.92. The summed E-state index contributed by atoms with van der Waals surface area (Å²) in [7, 11) is 0. The van der Waals surface area contributed by atoms with Crippen LogP contribution < -0.4 is 0 Å². The van der Waals surface area contributed by atoms with E-state index in [1.807, 2.05) is 42.5 Å². The Hall–Kier alpha value is -0.942. The molecule has 0 spiro atoms. The number of pyridine rings is 1. The zero-order chi connectivity index (χ0) is 8.23. The molecule has 2 rings (SSSR count). The monoisotopic (exact) mass is 349 g/mol. The largest absolute Gasteiger partial charge is 0.305 e. The van der Waals surface area contributed by atoms with Crippen molar-refractivity contribution in [2.75, 3.05) is 0 Å². The molecular weight excluding hydrogens is 341 g/mol. The Balaban J connectivity index is 0.000000845. The van der Waals surface area contributed by atoms with Crippen molar-refractivity contribution in [3.8, 4) is 11.3 Å². The number of aromatic nitrogens is 1. The summed E-state index contributed by atoms with van der Waals surface area (Å²) in [5, 5.41) is 0. The Morgan fingerprint density at radius 2 is 1.85 bits per heavy atom. The molecule has 0 bridgehead atoms. The van der Waals surface area contributed by atoms with Crippen molar-refractivity contribution in [2.24, 2.45) is 0 Å². The second kappa shape index (κ2) is 4.93. The molecule has 13 heavy (non-hydrogen) atoms. The van der Waals surface area contributed by atoms with Gasteiger partial charge in [0.05, 0.1) is 0 Å². The molecule has 0 aliphatic carbocycles. The van der Waals surface area contributed by atoms with Crippen LogP contribution in [0.5, 0.6) is 0 Å². The standard InChI is InChI=1S/C11H8N.Pt/c1-2-6-10(7-3-1)11-8-4-5-9-12-11;/h1-6,8-9H;/q-1;. The van der Waals surface area contributed by atoms with Gasteiger partial charge in [-0.2, -0.15) is 0 Å². The van der Waals surface area contributed by atoms with Gasteiger partial charge in [0.25, 0.3) is 0 Å². The van der Waals surface area contributed by atoms with Gasteiger partial charge in [0.15, 0.2) is 0 Å². The zero-order valence-corrected chi connectivity index (χ0v) is 9.15. The summed E-state index contributed by atoms with van der Waals surface area (Å²) in [4.78, 5) is 4.22. The number of nitrogens with zero attached hydrogens (tertiary/aromatic N) is 1. The minimum Gasteiger partial charge on any atom is -0.305 e. The van der Waals surface area contributed by atoms with Gasteiger partial charge in [-0.15, -0.1) is 35.9 Å². The predicted molar refractivity (Wildman–Crippen MR) is 48.5 cm³/mol. The molecule has 0 aliphatic heterocycles. The van der Waals surface area contributed by atoms with E-state index in [4.69, 9.17) is 0 Å². The summed E-state index contributed by atoms with van der Waals surface area (Å²) in [6.45, 7) is 0. The molecule has 0 atom stereocenters. The summed E-state index contributed by atoms with van der Waals surface area (Å²) in [5.74, 6) is 0. The first-order valence-corrected chi connectivity index (χ1v) is 3.85. The van der Waals surface area contributed by atoms with Gasteiger partial charge in [0, 0.05) is 27.3 Å². The maximum absolute atomic E-state index is 4.22. The zero-order valence-electron chi connectivity index (χ0n) is 6.88. The Kier molecular flexibility index (Phi) is 3.85. The average Bonchev–Trinajstić information content (AvgIpc) is 2.21. The van der Waals surface area contributed by atoms with E-state index < -0.39 is 0 Å². The van der Waals surface area contributed by atoms with Crippen LogP contribution in [0.1, 0.15) is 0 Å².